The Balaban J connectivity index is 2.85. The van der Waals surface area contributed by atoms with Crippen LogP contribution in [0.25, 0.3) is 0 Å². The molecule has 136 valence electrons. The highest BCUT2D eigenvalue weighted by molar-refractivity contribution is 5.59. The molecule has 0 aromatic heterocycles. The molecule has 0 aliphatic rings. The first-order valence-corrected chi connectivity index (χ1v) is 7.65. The fraction of sp³-hybridized carbons (Fsp3) is 0.176. The van der Waals surface area contributed by atoms with E-state index in [9.17, 15) is 20.2 Å². The molecule has 27 heavy (non-hydrogen) atoms. The molecule has 0 aliphatic carbocycles. The van der Waals surface area contributed by atoms with Gasteiger partial charge in [-0.3, -0.25) is 20.2 Å². The minimum atomic E-state index is -1.67. The van der Waals surface area contributed by atoms with Gasteiger partial charge in [0, 0.05) is 12.1 Å². The maximum Gasteiger partial charge on any atom is 0.276 e. The van der Waals surface area contributed by atoms with Crippen LogP contribution in [0.1, 0.15) is 28.7 Å². The summed E-state index contributed by atoms with van der Waals surface area (Å²) in [6.07, 6.45) is -0.0352. The Bertz CT molecular complexity index is 930. The number of nitriles is 2. The van der Waals surface area contributed by atoms with E-state index in [1.165, 1.54) is 24.3 Å². The van der Waals surface area contributed by atoms with Crippen LogP contribution in [0.4, 0.5) is 11.4 Å². The number of nitro groups is 2. The molecule has 10 heteroatoms. The van der Waals surface area contributed by atoms with E-state index in [1.54, 1.807) is 12.1 Å². The summed E-state index contributed by atoms with van der Waals surface area (Å²) in [4.78, 5) is 21.6. The predicted molar refractivity (Wildman–Crippen MR) is 94.3 cm³/mol. The number of rotatable bonds is 6. The van der Waals surface area contributed by atoms with E-state index in [0.29, 0.717) is 0 Å². The van der Waals surface area contributed by atoms with Crippen LogP contribution in [0.15, 0.2) is 36.4 Å². The lowest BCUT2D eigenvalue weighted by atomic mass is 9.78. The standard InChI is InChI=1S/C17H14N6O4/c18-6-5-17(21,13-3-1-11(9-19)7-15(13)22(24)25)14-4-2-12(10-20)8-16(14)23(26)27/h1-4,7-8H,5-6,18,21H2. The van der Waals surface area contributed by atoms with Gasteiger partial charge >= 0.3 is 0 Å². The average Bonchev–Trinajstić information content (AvgIpc) is 2.66. The molecule has 2 aromatic rings. The van der Waals surface area contributed by atoms with Gasteiger partial charge in [-0.05, 0) is 37.2 Å². The zero-order valence-corrected chi connectivity index (χ0v) is 14.0. The third kappa shape index (κ3) is 3.57. The lowest BCUT2D eigenvalue weighted by molar-refractivity contribution is -0.387. The van der Waals surface area contributed by atoms with Crippen molar-refractivity contribution in [2.45, 2.75) is 12.0 Å². The molecule has 0 amide bonds. The van der Waals surface area contributed by atoms with Crippen molar-refractivity contribution in [3.63, 3.8) is 0 Å². The second kappa shape index (κ2) is 7.58. The Labute approximate surface area is 153 Å². The second-order valence-corrected chi connectivity index (χ2v) is 5.71. The van der Waals surface area contributed by atoms with Crippen molar-refractivity contribution in [3.8, 4) is 12.1 Å². The summed E-state index contributed by atoms with van der Waals surface area (Å²) >= 11 is 0. The predicted octanol–water partition coefficient (Wildman–Crippen LogP) is 1.80. The third-order valence-corrected chi connectivity index (χ3v) is 4.15. The summed E-state index contributed by atoms with van der Waals surface area (Å²) in [5.41, 5.74) is 9.62. The molecule has 0 bridgehead atoms. The normalized spacial score (nSPS) is 10.7. The first-order valence-electron chi connectivity index (χ1n) is 7.65. The Morgan fingerprint density at radius 3 is 1.63 bits per heavy atom. The molecule has 2 aromatic carbocycles. The van der Waals surface area contributed by atoms with Crippen LogP contribution >= 0.6 is 0 Å². The summed E-state index contributed by atoms with van der Waals surface area (Å²) in [5.74, 6) is 0. The number of nitrogens with two attached hydrogens (primary N) is 2. The lowest BCUT2D eigenvalue weighted by Gasteiger charge is -2.29. The molecule has 0 aliphatic heterocycles. The van der Waals surface area contributed by atoms with Gasteiger partial charge in [0.25, 0.3) is 11.4 Å². The Hall–Kier alpha value is -3.86. The third-order valence-electron chi connectivity index (χ3n) is 4.15. The van der Waals surface area contributed by atoms with E-state index < -0.39 is 26.8 Å². The lowest BCUT2D eigenvalue weighted by Crippen LogP contribution is -2.41. The maximum atomic E-state index is 11.5. The van der Waals surface area contributed by atoms with Crippen LogP contribution in [0.5, 0.6) is 0 Å². The first-order chi connectivity index (χ1) is 12.8. The molecule has 0 atom stereocenters. The van der Waals surface area contributed by atoms with E-state index in [2.05, 4.69) is 0 Å². The van der Waals surface area contributed by atoms with Crippen LogP contribution in [0.2, 0.25) is 0 Å². The fourth-order valence-corrected chi connectivity index (χ4v) is 2.90. The minimum absolute atomic E-state index is 0.00912. The number of nitro benzene ring substituents is 2. The van der Waals surface area contributed by atoms with Crippen LogP contribution in [-0.4, -0.2) is 16.4 Å². The highest BCUT2D eigenvalue weighted by Gasteiger charge is 2.40. The van der Waals surface area contributed by atoms with E-state index >= 15 is 0 Å². The molecule has 0 heterocycles. The van der Waals surface area contributed by atoms with Crippen molar-refractivity contribution in [1.82, 2.24) is 0 Å². The first kappa shape index (κ1) is 19.5. The average molecular weight is 366 g/mol. The van der Waals surface area contributed by atoms with Gasteiger partial charge in [0.15, 0.2) is 0 Å². The Morgan fingerprint density at radius 1 is 0.926 bits per heavy atom. The number of benzene rings is 2. The monoisotopic (exact) mass is 366 g/mol. The van der Waals surface area contributed by atoms with Crippen molar-refractivity contribution >= 4 is 11.4 Å². The molecule has 10 nitrogen and oxygen atoms in total. The zero-order valence-electron chi connectivity index (χ0n) is 14.0. The molecule has 0 radical (unpaired) electrons. The highest BCUT2D eigenvalue weighted by atomic mass is 16.6. The van der Waals surface area contributed by atoms with Crippen molar-refractivity contribution < 1.29 is 9.85 Å². The van der Waals surface area contributed by atoms with E-state index in [4.69, 9.17) is 22.0 Å². The zero-order chi connectivity index (χ0) is 20.2. The van der Waals surface area contributed by atoms with Crippen LogP contribution < -0.4 is 11.5 Å². The van der Waals surface area contributed by atoms with Crippen LogP contribution in [0, 0.1) is 42.9 Å². The minimum Gasteiger partial charge on any atom is -0.330 e. The van der Waals surface area contributed by atoms with Gasteiger partial charge in [-0.15, -0.1) is 0 Å². The van der Waals surface area contributed by atoms with Crippen LogP contribution in [0.3, 0.4) is 0 Å². The molecule has 4 N–H and O–H groups in total. The Kier molecular flexibility index (Phi) is 5.46. The molecular formula is C17H14N6O4. The maximum absolute atomic E-state index is 11.5. The van der Waals surface area contributed by atoms with Gasteiger partial charge in [0.2, 0.25) is 0 Å². The summed E-state index contributed by atoms with van der Waals surface area (Å²) < 4.78 is 0. The molecule has 0 saturated carbocycles. The Morgan fingerprint density at radius 2 is 1.33 bits per heavy atom. The van der Waals surface area contributed by atoms with Gasteiger partial charge in [-0.1, -0.05) is 0 Å². The molecular weight excluding hydrogens is 352 g/mol. The van der Waals surface area contributed by atoms with Crippen molar-refractivity contribution in [3.05, 3.63) is 78.9 Å². The second-order valence-electron chi connectivity index (χ2n) is 5.71. The van der Waals surface area contributed by atoms with Crippen molar-refractivity contribution in [2.75, 3.05) is 6.54 Å². The largest absolute Gasteiger partial charge is 0.330 e. The van der Waals surface area contributed by atoms with Gasteiger partial charge in [-0.25, -0.2) is 0 Å². The molecule has 0 saturated heterocycles. The number of hydrogen-bond donors (Lipinski definition) is 2. The molecule has 0 unspecified atom stereocenters. The molecule has 0 fully saturated rings. The number of hydrogen-bond acceptors (Lipinski definition) is 8. The van der Waals surface area contributed by atoms with E-state index in [-0.39, 0.29) is 35.2 Å². The van der Waals surface area contributed by atoms with Gasteiger partial charge in [0.1, 0.15) is 0 Å². The van der Waals surface area contributed by atoms with Gasteiger partial charge in [-0.2, -0.15) is 10.5 Å². The summed E-state index contributed by atoms with van der Waals surface area (Å²) in [5, 5.41) is 41.0. The highest BCUT2D eigenvalue weighted by Crippen LogP contribution is 2.40. The van der Waals surface area contributed by atoms with Crippen LogP contribution in [-0.2, 0) is 5.54 Å². The van der Waals surface area contributed by atoms with E-state index in [0.717, 1.165) is 12.1 Å². The molecule has 0 spiro atoms. The topological polar surface area (TPSA) is 186 Å². The smallest absolute Gasteiger partial charge is 0.276 e. The quantitative estimate of drug-likeness (QED) is 0.571. The van der Waals surface area contributed by atoms with Crippen molar-refractivity contribution in [2.24, 2.45) is 11.5 Å². The van der Waals surface area contributed by atoms with E-state index in [1.807, 2.05) is 0 Å². The van der Waals surface area contributed by atoms with Crippen molar-refractivity contribution in [1.29, 1.82) is 10.5 Å². The fourth-order valence-electron chi connectivity index (χ4n) is 2.90. The molecule has 2 rings (SSSR count). The number of nitrogens with zero attached hydrogens (tertiary/aromatic N) is 4. The summed E-state index contributed by atoms with van der Waals surface area (Å²) in [6.45, 7) is -0.00912. The SMILES string of the molecule is N#Cc1ccc(C(N)(CCN)c2ccc(C#N)cc2[N+](=O)[O-])c([N+](=O)[O-])c1. The summed E-state index contributed by atoms with van der Waals surface area (Å²) in [6, 6.07) is 11.0. The van der Waals surface area contributed by atoms with Gasteiger partial charge < -0.3 is 11.5 Å². The van der Waals surface area contributed by atoms with Gasteiger partial charge in [0.05, 0.1) is 49.8 Å². The summed E-state index contributed by atoms with van der Waals surface area (Å²) in [7, 11) is 0.